The zero-order chi connectivity index (χ0) is 12.0. The Morgan fingerprint density at radius 3 is 2.62 bits per heavy atom. The predicted molar refractivity (Wildman–Crippen MR) is 63.7 cm³/mol. The highest BCUT2D eigenvalue weighted by atomic mass is 16.6. The van der Waals surface area contributed by atoms with Crippen molar-refractivity contribution in [2.45, 2.75) is 45.5 Å². The average Bonchev–Trinajstić information content (AvgIpc) is 2.15. The minimum Gasteiger partial charge on any atom is -0.376 e. The van der Waals surface area contributed by atoms with E-state index in [9.17, 15) is 0 Å². The van der Waals surface area contributed by atoms with E-state index in [4.69, 9.17) is 14.2 Å². The van der Waals surface area contributed by atoms with Crippen molar-refractivity contribution in [2.24, 2.45) is 0 Å². The number of ether oxygens (including phenoxy) is 3. The normalized spacial score (nSPS) is 27.0. The molecule has 0 amide bonds. The van der Waals surface area contributed by atoms with Crippen LogP contribution in [0.5, 0.6) is 0 Å². The molecule has 0 bridgehead atoms. The van der Waals surface area contributed by atoms with Crippen LogP contribution in [0.15, 0.2) is 0 Å². The second kappa shape index (κ2) is 6.55. The van der Waals surface area contributed by atoms with E-state index >= 15 is 0 Å². The lowest BCUT2D eigenvalue weighted by molar-refractivity contribution is -0.0852. The highest BCUT2D eigenvalue weighted by molar-refractivity contribution is 4.71. The van der Waals surface area contributed by atoms with Gasteiger partial charge in [-0.3, -0.25) is 0 Å². The fourth-order valence-corrected chi connectivity index (χ4v) is 1.59. The van der Waals surface area contributed by atoms with E-state index in [1.807, 2.05) is 20.8 Å². The molecule has 1 fully saturated rings. The van der Waals surface area contributed by atoms with E-state index in [-0.39, 0.29) is 17.8 Å². The van der Waals surface area contributed by atoms with Gasteiger partial charge in [-0.25, -0.2) is 0 Å². The molecular formula is C12H25NO3. The van der Waals surface area contributed by atoms with Crippen molar-refractivity contribution in [1.29, 1.82) is 0 Å². The van der Waals surface area contributed by atoms with Gasteiger partial charge < -0.3 is 19.5 Å². The van der Waals surface area contributed by atoms with Crippen LogP contribution in [0.1, 0.15) is 27.7 Å². The second-order valence-corrected chi connectivity index (χ2v) is 5.26. The molecule has 2 atom stereocenters. The smallest absolute Gasteiger partial charge is 0.0936 e. The van der Waals surface area contributed by atoms with E-state index in [0.717, 1.165) is 13.1 Å². The molecule has 1 aliphatic heterocycles. The number of rotatable bonds is 5. The third kappa shape index (κ3) is 6.43. The Morgan fingerprint density at radius 2 is 2.00 bits per heavy atom. The van der Waals surface area contributed by atoms with Crippen molar-refractivity contribution in [1.82, 2.24) is 5.32 Å². The van der Waals surface area contributed by atoms with Gasteiger partial charge in [-0.15, -0.1) is 0 Å². The number of nitrogens with one attached hydrogen (secondary N) is 1. The van der Waals surface area contributed by atoms with Gasteiger partial charge in [0.15, 0.2) is 0 Å². The summed E-state index contributed by atoms with van der Waals surface area (Å²) in [4.78, 5) is 0. The van der Waals surface area contributed by atoms with E-state index in [1.54, 1.807) is 0 Å². The Bertz CT molecular complexity index is 191. The molecule has 0 aromatic carbocycles. The summed E-state index contributed by atoms with van der Waals surface area (Å²) in [5.41, 5.74) is -0.0826. The first-order chi connectivity index (χ1) is 7.47. The number of hydrogen-bond donors (Lipinski definition) is 1. The summed E-state index contributed by atoms with van der Waals surface area (Å²) < 4.78 is 16.8. The van der Waals surface area contributed by atoms with Gasteiger partial charge in [0.25, 0.3) is 0 Å². The van der Waals surface area contributed by atoms with E-state index in [2.05, 4.69) is 12.2 Å². The topological polar surface area (TPSA) is 39.7 Å². The Balaban J connectivity index is 1.98. The van der Waals surface area contributed by atoms with Crippen LogP contribution in [0, 0.1) is 0 Å². The van der Waals surface area contributed by atoms with Crippen molar-refractivity contribution in [2.75, 3.05) is 32.9 Å². The average molecular weight is 231 g/mol. The zero-order valence-corrected chi connectivity index (χ0v) is 10.9. The van der Waals surface area contributed by atoms with Gasteiger partial charge in [0.1, 0.15) is 0 Å². The number of hydrogen-bond acceptors (Lipinski definition) is 4. The molecule has 96 valence electrons. The van der Waals surface area contributed by atoms with Crippen molar-refractivity contribution in [3.63, 3.8) is 0 Å². The van der Waals surface area contributed by atoms with E-state index < -0.39 is 0 Å². The summed E-state index contributed by atoms with van der Waals surface area (Å²) in [6.07, 6.45) is 0.464. The third-order valence-electron chi connectivity index (χ3n) is 2.30. The minimum atomic E-state index is -0.0826. The maximum absolute atomic E-state index is 5.71. The monoisotopic (exact) mass is 231 g/mol. The maximum Gasteiger partial charge on any atom is 0.0936 e. The zero-order valence-electron chi connectivity index (χ0n) is 10.9. The van der Waals surface area contributed by atoms with E-state index in [0.29, 0.717) is 19.8 Å². The van der Waals surface area contributed by atoms with Crippen LogP contribution in [-0.4, -0.2) is 50.7 Å². The Kier molecular flexibility index (Phi) is 5.69. The van der Waals surface area contributed by atoms with Crippen molar-refractivity contribution in [3.05, 3.63) is 0 Å². The predicted octanol–water partition coefficient (Wildman–Crippen LogP) is 1.19. The van der Waals surface area contributed by atoms with Gasteiger partial charge in [0.05, 0.1) is 37.6 Å². The van der Waals surface area contributed by atoms with Gasteiger partial charge in [-0.1, -0.05) is 0 Å². The summed E-state index contributed by atoms with van der Waals surface area (Å²) in [5, 5.41) is 3.31. The maximum atomic E-state index is 5.71. The van der Waals surface area contributed by atoms with Gasteiger partial charge in [0.2, 0.25) is 0 Å². The largest absolute Gasteiger partial charge is 0.376 e. The Hall–Kier alpha value is -0.160. The summed E-state index contributed by atoms with van der Waals surface area (Å²) >= 11 is 0. The molecule has 0 radical (unpaired) electrons. The summed E-state index contributed by atoms with van der Waals surface area (Å²) in [6, 6.07) is 0. The lowest BCUT2D eigenvalue weighted by atomic mass is 10.2. The molecule has 0 saturated carbocycles. The number of morpholine rings is 1. The summed E-state index contributed by atoms with van der Waals surface area (Å²) in [6.45, 7) is 11.9. The molecule has 4 heteroatoms. The lowest BCUT2D eigenvalue weighted by Crippen LogP contribution is -2.45. The quantitative estimate of drug-likeness (QED) is 0.722. The first kappa shape index (κ1) is 13.9. The second-order valence-electron chi connectivity index (χ2n) is 5.26. The van der Waals surface area contributed by atoms with Crippen LogP contribution >= 0.6 is 0 Å². The molecule has 1 N–H and O–H groups in total. The van der Waals surface area contributed by atoms with Gasteiger partial charge >= 0.3 is 0 Å². The van der Waals surface area contributed by atoms with Gasteiger partial charge in [-0.2, -0.15) is 0 Å². The molecule has 2 unspecified atom stereocenters. The lowest BCUT2D eigenvalue weighted by Gasteiger charge is -2.28. The fraction of sp³-hybridized carbons (Fsp3) is 1.00. The summed E-state index contributed by atoms with van der Waals surface area (Å²) in [5.74, 6) is 0. The molecular weight excluding hydrogens is 206 g/mol. The molecule has 1 heterocycles. The standard InChI is InChI=1S/C12H25NO3/c1-10-7-13-8-11(16-10)9-14-5-6-15-12(2,3)4/h10-11,13H,5-9H2,1-4H3. The van der Waals surface area contributed by atoms with Crippen LogP contribution in [0.4, 0.5) is 0 Å². The molecule has 0 aromatic heterocycles. The van der Waals surface area contributed by atoms with Crippen LogP contribution in [0.25, 0.3) is 0 Å². The SMILES string of the molecule is CC1CNCC(COCCOC(C)(C)C)O1. The molecule has 16 heavy (non-hydrogen) atoms. The third-order valence-corrected chi connectivity index (χ3v) is 2.30. The first-order valence-corrected chi connectivity index (χ1v) is 6.05. The molecule has 4 nitrogen and oxygen atoms in total. The van der Waals surface area contributed by atoms with Crippen LogP contribution in [0.3, 0.4) is 0 Å². The minimum absolute atomic E-state index is 0.0826. The highest BCUT2D eigenvalue weighted by Crippen LogP contribution is 2.06. The molecule has 1 aliphatic rings. The van der Waals surface area contributed by atoms with Gasteiger partial charge in [-0.05, 0) is 27.7 Å². The molecule has 0 aliphatic carbocycles. The first-order valence-electron chi connectivity index (χ1n) is 6.05. The highest BCUT2D eigenvalue weighted by Gasteiger charge is 2.18. The van der Waals surface area contributed by atoms with Crippen LogP contribution < -0.4 is 5.32 Å². The van der Waals surface area contributed by atoms with Crippen molar-refractivity contribution < 1.29 is 14.2 Å². The molecule has 0 aromatic rings. The molecule has 0 spiro atoms. The Labute approximate surface area is 98.6 Å². The van der Waals surface area contributed by atoms with Crippen molar-refractivity contribution in [3.8, 4) is 0 Å². The van der Waals surface area contributed by atoms with E-state index in [1.165, 1.54) is 0 Å². The Morgan fingerprint density at radius 1 is 1.25 bits per heavy atom. The summed E-state index contributed by atoms with van der Waals surface area (Å²) in [7, 11) is 0. The van der Waals surface area contributed by atoms with Crippen LogP contribution in [-0.2, 0) is 14.2 Å². The van der Waals surface area contributed by atoms with Gasteiger partial charge in [0, 0.05) is 13.1 Å². The fourth-order valence-electron chi connectivity index (χ4n) is 1.59. The van der Waals surface area contributed by atoms with Crippen molar-refractivity contribution >= 4 is 0 Å². The molecule has 1 rings (SSSR count). The van der Waals surface area contributed by atoms with Crippen LogP contribution in [0.2, 0.25) is 0 Å². The molecule has 1 saturated heterocycles.